The lowest BCUT2D eigenvalue weighted by Gasteiger charge is -2.38. The predicted molar refractivity (Wildman–Crippen MR) is 93.5 cm³/mol. The maximum absolute atomic E-state index is 12.5. The van der Waals surface area contributed by atoms with Crippen LogP contribution in [0.3, 0.4) is 0 Å². The molecule has 2 fully saturated rings. The van der Waals surface area contributed by atoms with E-state index in [2.05, 4.69) is 10.1 Å². The third-order valence-electron chi connectivity index (χ3n) is 5.68. The van der Waals surface area contributed by atoms with Gasteiger partial charge < -0.3 is 20.7 Å². The van der Waals surface area contributed by atoms with Crippen molar-refractivity contribution in [2.24, 2.45) is 11.7 Å². The highest BCUT2D eigenvalue weighted by Crippen LogP contribution is 2.29. The number of methoxy groups -OCH3 is 1. The Balaban J connectivity index is 1.70. The minimum Gasteiger partial charge on any atom is -0.469 e. The fraction of sp³-hybridized carbons (Fsp3) is 0.833. The quantitative estimate of drug-likeness (QED) is 0.664. The average molecular weight is 353 g/mol. The minimum absolute atomic E-state index is 0.0512. The van der Waals surface area contributed by atoms with Gasteiger partial charge in [-0.2, -0.15) is 0 Å². The van der Waals surface area contributed by atoms with E-state index in [1.807, 2.05) is 11.9 Å². The number of likely N-dealkylation sites (N-methyl/N-ethyl adjacent to an activating group) is 1. The molecule has 7 nitrogen and oxygen atoms in total. The van der Waals surface area contributed by atoms with Crippen LogP contribution in [0.4, 0.5) is 0 Å². The Bertz CT molecular complexity index is 485. The van der Waals surface area contributed by atoms with Gasteiger partial charge in [-0.25, -0.2) is 0 Å². The zero-order valence-corrected chi connectivity index (χ0v) is 15.3. The van der Waals surface area contributed by atoms with Crippen molar-refractivity contribution < 1.29 is 19.1 Å². The van der Waals surface area contributed by atoms with Crippen molar-refractivity contribution in [3.63, 3.8) is 0 Å². The average Bonchev–Trinajstić information content (AvgIpc) is 2.57. The standard InChI is InChI=1S/C18H31N3O4/c1-21(14-4-3-5-14)18(24)17(19)12-6-8-13(9-7-12)20-15(22)10-11-16(23)25-2/h12-14,17H,3-11,19H2,1-2H3,(H,20,22)/t12?,13?,17-/m0/s1. The maximum atomic E-state index is 12.5. The Kier molecular flexibility index (Phi) is 7.23. The van der Waals surface area contributed by atoms with Crippen LogP contribution in [0.2, 0.25) is 0 Å². The topological polar surface area (TPSA) is 102 Å². The summed E-state index contributed by atoms with van der Waals surface area (Å²) >= 11 is 0. The number of hydrogen-bond acceptors (Lipinski definition) is 5. The van der Waals surface area contributed by atoms with E-state index in [0.29, 0.717) is 6.04 Å². The van der Waals surface area contributed by atoms with Crippen LogP contribution in [0.25, 0.3) is 0 Å². The van der Waals surface area contributed by atoms with E-state index in [4.69, 9.17) is 5.73 Å². The van der Waals surface area contributed by atoms with Gasteiger partial charge in [-0.15, -0.1) is 0 Å². The molecular weight excluding hydrogens is 322 g/mol. The van der Waals surface area contributed by atoms with E-state index in [1.165, 1.54) is 13.5 Å². The van der Waals surface area contributed by atoms with Crippen LogP contribution in [0, 0.1) is 5.92 Å². The second-order valence-electron chi connectivity index (χ2n) is 7.32. The van der Waals surface area contributed by atoms with Gasteiger partial charge in [-0.3, -0.25) is 14.4 Å². The summed E-state index contributed by atoms with van der Waals surface area (Å²) in [6.45, 7) is 0. The number of esters is 1. The van der Waals surface area contributed by atoms with Crippen LogP contribution in [-0.2, 0) is 19.1 Å². The highest BCUT2D eigenvalue weighted by Gasteiger charge is 2.34. The van der Waals surface area contributed by atoms with E-state index in [0.717, 1.165) is 38.5 Å². The number of amides is 2. The monoisotopic (exact) mass is 353 g/mol. The number of ether oxygens (including phenoxy) is 1. The van der Waals surface area contributed by atoms with Crippen molar-refractivity contribution in [3.8, 4) is 0 Å². The fourth-order valence-corrected chi connectivity index (χ4v) is 3.63. The van der Waals surface area contributed by atoms with E-state index in [-0.39, 0.29) is 42.6 Å². The molecule has 7 heteroatoms. The van der Waals surface area contributed by atoms with Gasteiger partial charge in [0, 0.05) is 25.6 Å². The molecule has 0 saturated heterocycles. The molecule has 1 atom stereocenters. The molecule has 25 heavy (non-hydrogen) atoms. The molecule has 0 radical (unpaired) electrons. The summed E-state index contributed by atoms with van der Waals surface area (Å²) in [5.74, 6) is -0.272. The molecule has 142 valence electrons. The van der Waals surface area contributed by atoms with Crippen LogP contribution in [0.1, 0.15) is 57.8 Å². The van der Waals surface area contributed by atoms with Crippen molar-refractivity contribution in [1.29, 1.82) is 0 Å². The molecule has 0 aromatic carbocycles. The first-order valence-electron chi connectivity index (χ1n) is 9.30. The van der Waals surface area contributed by atoms with Crippen LogP contribution in [0.15, 0.2) is 0 Å². The van der Waals surface area contributed by atoms with E-state index < -0.39 is 6.04 Å². The lowest BCUT2D eigenvalue weighted by molar-refractivity contribution is -0.142. The third kappa shape index (κ3) is 5.42. The second-order valence-corrected chi connectivity index (χ2v) is 7.32. The van der Waals surface area contributed by atoms with Crippen LogP contribution in [-0.4, -0.2) is 55.0 Å². The van der Waals surface area contributed by atoms with Gasteiger partial charge in [0.15, 0.2) is 0 Å². The second kappa shape index (κ2) is 9.17. The number of carbonyl (C=O) groups excluding carboxylic acids is 3. The predicted octanol–water partition coefficient (Wildman–Crippen LogP) is 0.953. The largest absolute Gasteiger partial charge is 0.469 e. The number of rotatable bonds is 7. The van der Waals surface area contributed by atoms with Gasteiger partial charge in [0.05, 0.1) is 19.6 Å². The molecule has 0 aliphatic heterocycles. The first-order chi connectivity index (χ1) is 11.9. The van der Waals surface area contributed by atoms with Crippen LogP contribution >= 0.6 is 0 Å². The number of nitrogens with one attached hydrogen (secondary N) is 1. The third-order valence-corrected chi connectivity index (χ3v) is 5.68. The zero-order valence-electron chi connectivity index (χ0n) is 15.3. The van der Waals surface area contributed by atoms with E-state index >= 15 is 0 Å². The van der Waals surface area contributed by atoms with Crippen molar-refractivity contribution in [2.75, 3.05) is 14.2 Å². The molecule has 2 rings (SSSR count). The molecule has 2 aliphatic rings. The van der Waals surface area contributed by atoms with Gasteiger partial charge in [-0.05, 0) is 50.9 Å². The first-order valence-corrected chi connectivity index (χ1v) is 9.30. The number of nitrogens with zero attached hydrogens (tertiary/aromatic N) is 1. The van der Waals surface area contributed by atoms with Gasteiger partial charge in [-0.1, -0.05) is 0 Å². The normalized spacial score (nSPS) is 24.8. The lowest BCUT2D eigenvalue weighted by Crippen LogP contribution is -2.52. The van der Waals surface area contributed by atoms with Gasteiger partial charge >= 0.3 is 5.97 Å². The summed E-state index contributed by atoms with van der Waals surface area (Å²) < 4.78 is 4.53. The zero-order chi connectivity index (χ0) is 18.4. The van der Waals surface area contributed by atoms with Crippen molar-refractivity contribution in [1.82, 2.24) is 10.2 Å². The molecule has 2 amide bonds. The van der Waals surface area contributed by atoms with Crippen LogP contribution in [0.5, 0.6) is 0 Å². The maximum Gasteiger partial charge on any atom is 0.306 e. The van der Waals surface area contributed by atoms with Gasteiger partial charge in [0.1, 0.15) is 0 Å². The molecule has 0 heterocycles. The Hall–Kier alpha value is -1.63. The summed E-state index contributed by atoms with van der Waals surface area (Å²) in [4.78, 5) is 37.3. The first kappa shape index (κ1) is 19.7. The fourth-order valence-electron chi connectivity index (χ4n) is 3.63. The van der Waals surface area contributed by atoms with E-state index in [9.17, 15) is 14.4 Å². The van der Waals surface area contributed by atoms with Gasteiger partial charge in [0.2, 0.25) is 11.8 Å². The number of carbonyl (C=O) groups is 3. The minimum atomic E-state index is -0.443. The summed E-state index contributed by atoms with van der Waals surface area (Å²) in [5.41, 5.74) is 6.22. The van der Waals surface area contributed by atoms with Crippen molar-refractivity contribution >= 4 is 17.8 Å². The van der Waals surface area contributed by atoms with Gasteiger partial charge in [0.25, 0.3) is 0 Å². The van der Waals surface area contributed by atoms with E-state index in [1.54, 1.807) is 0 Å². The number of hydrogen-bond donors (Lipinski definition) is 2. The summed E-state index contributed by atoms with van der Waals surface area (Å²) in [5, 5.41) is 2.96. The molecule has 3 N–H and O–H groups in total. The molecule has 2 saturated carbocycles. The molecule has 0 spiro atoms. The number of nitrogens with two attached hydrogens (primary N) is 1. The Morgan fingerprint density at radius 2 is 1.76 bits per heavy atom. The Morgan fingerprint density at radius 3 is 2.28 bits per heavy atom. The van der Waals surface area contributed by atoms with Crippen LogP contribution < -0.4 is 11.1 Å². The lowest BCUT2D eigenvalue weighted by atomic mass is 9.81. The SMILES string of the molecule is COC(=O)CCC(=O)NC1CCC([C@H](N)C(=O)N(C)C2CCC2)CC1. The molecule has 0 unspecified atom stereocenters. The molecule has 0 bridgehead atoms. The summed E-state index contributed by atoms with van der Waals surface area (Å²) in [7, 11) is 3.17. The highest BCUT2D eigenvalue weighted by atomic mass is 16.5. The Labute approximate surface area is 149 Å². The molecule has 2 aliphatic carbocycles. The highest BCUT2D eigenvalue weighted by molar-refractivity contribution is 5.82. The molecular formula is C18H31N3O4. The molecule has 0 aromatic rings. The molecule has 0 aromatic heterocycles. The smallest absolute Gasteiger partial charge is 0.306 e. The van der Waals surface area contributed by atoms with Crippen molar-refractivity contribution in [3.05, 3.63) is 0 Å². The van der Waals surface area contributed by atoms with Crippen molar-refractivity contribution in [2.45, 2.75) is 75.9 Å². The summed E-state index contributed by atoms with van der Waals surface area (Å²) in [6.07, 6.45) is 6.94. The summed E-state index contributed by atoms with van der Waals surface area (Å²) in [6, 6.07) is 0.0265. The Morgan fingerprint density at radius 1 is 1.12 bits per heavy atom.